The van der Waals surface area contributed by atoms with Crippen LogP contribution in [0.4, 0.5) is 0 Å². The lowest BCUT2D eigenvalue weighted by Gasteiger charge is -2.31. The SMILES string of the molecule is Cc1ccc(C(=O)N2CCC(c3nc(-c4ccc5c(c4)OCCO5)cs3)CC2)c(Cl)n1. The molecule has 1 aromatic carbocycles. The van der Waals surface area contributed by atoms with Crippen LogP contribution in [0.25, 0.3) is 11.3 Å². The van der Waals surface area contributed by atoms with Crippen molar-refractivity contribution in [2.75, 3.05) is 26.3 Å². The number of likely N-dealkylation sites (tertiary alicyclic amines) is 1. The number of fused-ring (bicyclic) bond motifs is 1. The third-order valence-corrected chi connectivity index (χ3v) is 7.01. The summed E-state index contributed by atoms with van der Waals surface area (Å²) in [4.78, 5) is 23.8. The molecule has 2 aliphatic heterocycles. The van der Waals surface area contributed by atoms with E-state index in [0.29, 0.717) is 37.8 Å². The normalized spacial score (nSPS) is 16.4. The molecule has 0 saturated carbocycles. The lowest BCUT2D eigenvalue weighted by Crippen LogP contribution is -2.38. The van der Waals surface area contributed by atoms with E-state index < -0.39 is 0 Å². The van der Waals surface area contributed by atoms with Gasteiger partial charge >= 0.3 is 0 Å². The molecule has 0 bridgehead atoms. The number of piperidine rings is 1. The number of halogens is 1. The number of thiazole rings is 1. The Morgan fingerprint density at radius 1 is 1.10 bits per heavy atom. The molecule has 0 unspecified atom stereocenters. The minimum Gasteiger partial charge on any atom is -0.486 e. The molecule has 3 aromatic rings. The molecule has 1 fully saturated rings. The molecule has 2 aromatic heterocycles. The number of benzene rings is 1. The van der Waals surface area contributed by atoms with E-state index in [9.17, 15) is 4.79 Å². The van der Waals surface area contributed by atoms with Gasteiger partial charge in [0.1, 0.15) is 18.4 Å². The highest BCUT2D eigenvalue weighted by Gasteiger charge is 2.27. The molecule has 0 spiro atoms. The largest absolute Gasteiger partial charge is 0.486 e. The molecular weight excluding hydrogens is 434 g/mol. The van der Waals surface area contributed by atoms with Crippen LogP contribution in [0.15, 0.2) is 35.7 Å². The molecule has 31 heavy (non-hydrogen) atoms. The van der Waals surface area contributed by atoms with Gasteiger partial charge in [-0.2, -0.15) is 0 Å². The van der Waals surface area contributed by atoms with Gasteiger partial charge in [-0.05, 0) is 50.1 Å². The summed E-state index contributed by atoms with van der Waals surface area (Å²) in [5.41, 5.74) is 3.26. The van der Waals surface area contributed by atoms with E-state index in [1.54, 1.807) is 17.4 Å². The van der Waals surface area contributed by atoms with Crippen molar-refractivity contribution in [3.63, 3.8) is 0 Å². The number of amides is 1. The van der Waals surface area contributed by atoms with Crippen molar-refractivity contribution in [1.82, 2.24) is 14.9 Å². The second kappa shape index (κ2) is 8.48. The van der Waals surface area contributed by atoms with Gasteiger partial charge in [0.2, 0.25) is 0 Å². The van der Waals surface area contributed by atoms with Gasteiger partial charge in [-0.15, -0.1) is 11.3 Å². The van der Waals surface area contributed by atoms with E-state index in [1.165, 1.54) is 0 Å². The summed E-state index contributed by atoms with van der Waals surface area (Å²) in [6.07, 6.45) is 1.77. The maximum absolute atomic E-state index is 12.8. The number of nitrogens with zero attached hydrogens (tertiary/aromatic N) is 3. The Labute approximate surface area is 189 Å². The molecule has 4 heterocycles. The Kier molecular flexibility index (Phi) is 5.54. The highest BCUT2D eigenvalue weighted by atomic mass is 35.5. The minimum absolute atomic E-state index is 0.0490. The average molecular weight is 456 g/mol. The van der Waals surface area contributed by atoms with Gasteiger partial charge < -0.3 is 14.4 Å². The van der Waals surface area contributed by atoms with E-state index in [1.807, 2.05) is 36.1 Å². The number of rotatable bonds is 3. The maximum atomic E-state index is 12.8. The summed E-state index contributed by atoms with van der Waals surface area (Å²) in [5, 5.41) is 3.49. The monoisotopic (exact) mass is 455 g/mol. The van der Waals surface area contributed by atoms with E-state index in [4.69, 9.17) is 26.1 Å². The fourth-order valence-electron chi connectivity index (χ4n) is 3.99. The Morgan fingerprint density at radius 3 is 2.65 bits per heavy atom. The molecule has 0 atom stereocenters. The van der Waals surface area contributed by atoms with Crippen LogP contribution in [0.2, 0.25) is 5.15 Å². The number of pyridine rings is 1. The van der Waals surface area contributed by atoms with E-state index >= 15 is 0 Å². The second-order valence-corrected chi connectivity index (χ2v) is 9.03. The summed E-state index contributed by atoms with van der Waals surface area (Å²) < 4.78 is 11.3. The van der Waals surface area contributed by atoms with Crippen molar-refractivity contribution in [2.45, 2.75) is 25.7 Å². The van der Waals surface area contributed by atoms with Crippen molar-refractivity contribution in [1.29, 1.82) is 0 Å². The molecule has 0 aliphatic carbocycles. The molecule has 2 aliphatic rings. The summed E-state index contributed by atoms with van der Waals surface area (Å²) >= 11 is 7.87. The van der Waals surface area contributed by atoms with Crippen LogP contribution in [0.5, 0.6) is 11.5 Å². The van der Waals surface area contributed by atoms with Gasteiger partial charge in [0.05, 0.1) is 16.3 Å². The fraction of sp³-hybridized carbons (Fsp3) is 0.348. The predicted molar refractivity (Wildman–Crippen MR) is 120 cm³/mol. The van der Waals surface area contributed by atoms with Crippen molar-refractivity contribution >= 4 is 28.8 Å². The van der Waals surface area contributed by atoms with Crippen LogP contribution in [0.1, 0.15) is 39.8 Å². The predicted octanol–water partition coefficient (Wildman–Crippen LogP) is 4.96. The first-order chi connectivity index (χ1) is 15.1. The minimum atomic E-state index is -0.0490. The summed E-state index contributed by atoms with van der Waals surface area (Å²) in [6.45, 7) is 4.39. The summed E-state index contributed by atoms with van der Waals surface area (Å²) in [5.74, 6) is 1.86. The average Bonchev–Trinajstić information content (AvgIpc) is 3.29. The topological polar surface area (TPSA) is 64.6 Å². The van der Waals surface area contributed by atoms with Crippen LogP contribution in [-0.2, 0) is 0 Å². The quantitative estimate of drug-likeness (QED) is 0.522. The highest BCUT2D eigenvalue weighted by Crippen LogP contribution is 2.37. The Hall–Kier alpha value is -2.64. The van der Waals surface area contributed by atoms with Gasteiger partial charge in [0.15, 0.2) is 11.5 Å². The van der Waals surface area contributed by atoms with Crippen molar-refractivity contribution in [3.8, 4) is 22.8 Å². The molecule has 1 amide bonds. The van der Waals surface area contributed by atoms with Crippen molar-refractivity contribution in [2.24, 2.45) is 0 Å². The molecule has 160 valence electrons. The number of carbonyl (C=O) groups excluding carboxylic acids is 1. The van der Waals surface area contributed by atoms with Gasteiger partial charge in [0, 0.05) is 35.6 Å². The Morgan fingerprint density at radius 2 is 1.87 bits per heavy atom. The summed E-state index contributed by atoms with van der Waals surface area (Å²) in [7, 11) is 0. The van der Waals surface area contributed by atoms with Crippen molar-refractivity contribution in [3.05, 3.63) is 57.1 Å². The first-order valence-electron chi connectivity index (χ1n) is 10.4. The third-order valence-electron chi connectivity index (χ3n) is 5.71. The highest BCUT2D eigenvalue weighted by molar-refractivity contribution is 7.10. The van der Waals surface area contributed by atoms with Crippen LogP contribution in [0, 0.1) is 6.92 Å². The van der Waals surface area contributed by atoms with E-state index in [2.05, 4.69) is 10.4 Å². The third kappa shape index (κ3) is 4.12. The van der Waals surface area contributed by atoms with Crippen LogP contribution in [-0.4, -0.2) is 47.1 Å². The number of carbonyl (C=O) groups is 1. The summed E-state index contributed by atoms with van der Waals surface area (Å²) in [6, 6.07) is 9.54. The standard InChI is InChI=1S/C23H22ClN3O3S/c1-14-2-4-17(21(24)25-14)23(28)27-8-6-15(7-9-27)22-26-18(13-31-22)16-3-5-19-20(12-16)30-11-10-29-19/h2-5,12-13,15H,6-11H2,1H3. The van der Waals surface area contributed by atoms with Gasteiger partial charge in [-0.25, -0.2) is 9.97 Å². The lowest BCUT2D eigenvalue weighted by atomic mass is 9.97. The van der Waals surface area contributed by atoms with Gasteiger partial charge in [-0.1, -0.05) is 11.6 Å². The second-order valence-electron chi connectivity index (χ2n) is 7.79. The first-order valence-corrected chi connectivity index (χ1v) is 11.6. The van der Waals surface area contributed by atoms with Crippen LogP contribution < -0.4 is 9.47 Å². The zero-order valence-electron chi connectivity index (χ0n) is 17.1. The van der Waals surface area contributed by atoms with E-state index in [-0.39, 0.29) is 11.1 Å². The van der Waals surface area contributed by atoms with Gasteiger partial charge in [-0.3, -0.25) is 4.79 Å². The first kappa shape index (κ1) is 20.3. The Bertz CT molecular complexity index is 1130. The molecule has 0 radical (unpaired) electrons. The van der Waals surface area contributed by atoms with E-state index in [0.717, 1.165) is 46.3 Å². The zero-order valence-corrected chi connectivity index (χ0v) is 18.7. The number of hydrogen-bond acceptors (Lipinski definition) is 6. The number of aromatic nitrogens is 2. The Balaban J connectivity index is 1.25. The number of hydrogen-bond donors (Lipinski definition) is 0. The molecule has 5 rings (SSSR count). The smallest absolute Gasteiger partial charge is 0.256 e. The molecule has 6 nitrogen and oxygen atoms in total. The maximum Gasteiger partial charge on any atom is 0.256 e. The molecule has 1 saturated heterocycles. The fourth-order valence-corrected chi connectivity index (χ4v) is 5.27. The van der Waals surface area contributed by atoms with Gasteiger partial charge in [0.25, 0.3) is 5.91 Å². The molecule has 0 N–H and O–H groups in total. The lowest BCUT2D eigenvalue weighted by molar-refractivity contribution is 0.0712. The zero-order chi connectivity index (χ0) is 21.4. The van der Waals surface area contributed by atoms with Crippen LogP contribution in [0.3, 0.4) is 0 Å². The van der Waals surface area contributed by atoms with Crippen molar-refractivity contribution < 1.29 is 14.3 Å². The number of aryl methyl sites for hydroxylation is 1. The molecular formula is C23H22ClN3O3S. The van der Waals surface area contributed by atoms with Crippen LogP contribution >= 0.6 is 22.9 Å². The molecule has 8 heteroatoms. The number of ether oxygens (including phenoxy) is 2.